The van der Waals surface area contributed by atoms with Gasteiger partial charge < -0.3 is 5.11 Å². The van der Waals surface area contributed by atoms with Crippen molar-refractivity contribution in [2.24, 2.45) is 5.92 Å². The van der Waals surface area contributed by atoms with Crippen LogP contribution in [0, 0.1) is 5.92 Å². The largest absolute Gasteiger partial charge is 0.393 e. The summed E-state index contributed by atoms with van der Waals surface area (Å²) in [5.74, 6) is -0.0786. The molecule has 0 radical (unpaired) electrons. The fraction of sp³-hybridized carbons (Fsp3) is 0.467. The van der Waals surface area contributed by atoms with Gasteiger partial charge in [-0.05, 0) is 49.8 Å². The Balaban J connectivity index is 1.76. The predicted octanol–water partition coefficient (Wildman–Crippen LogP) is 2.60. The number of hydrogen-bond donors (Lipinski definition) is 1. The number of carbonyl (C=O) groups is 2. The number of benzene rings is 1. The molecule has 0 atom stereocenters. The maximum Gasteiger partial charge on any atom is 0.261 e. The number of amides is 2. The van der Waals surface area contributed by atoms with Crippen LogP contribution in [0.2, 0.25) is 0 Å². The minimum Gasteiger partial charge on any atom is -0.393 e. The summed E-state index contributed by atoms with van der Waals surface area (Å²) in [7, 11) is 0. The predicted molar refractivity (Wildman–Crippen MR) is 77.5 cm³/mol. The zero-order valence-electron chi connectivity index (χ0n) is 11.0. The number of aliphatic hydroxyl groups excluding tert-OH is 1. The van der Waals surface area contributed by atoms with E-state index in [0.717, 1.165) is 30.2 Å². The van der Waals surface area contributed by atoms with Gasteiger partial charge in [-0.3, -0.25) is 14.5 Å². The van der Waals surface area contributed by atoms with E-state index in [1.807, 2.05) is 0 Å². The zero-order valence-corrected chi connectivity index (χ0v) is 12.6. The van der Waals surface area contributed by atoms with Crippen LogP contribution in [0.3, 0.4) is 0 Å². The van der Waals surface area contributed by atoms with Crippen molar-refractivity contribution in [3.8, 4) is 0 Å². The summed E-state index contributed by atoms with van der Waals surface area (Å²) >= 11 is 3.33. The number of aliphatic hydroxyl groups is 1. The molecule has 1 aromatic rings. The summed E-state index contributed by atoms with van der Waals surface area (Å²) in [6.45, 7) is 0.469. The Hall–Kier alpha value is -1.20. The highest BCUT2D eigenvalue weighted by atomic mass is 79.9. The van der Waals surface area contributed by atoms with Crippen molar-refractivity contribution in [3.05, 3.63) is 33.8 Å². The van der Waals surface area contributed by atoms with E-state index < -0.39 is 0 Å². The van der Waals surface area contributed by atoms with E-state index in [2.05, 4.69) is 15.9 Å². The van der Waals surface area contributed by atoms with E-state index in [9.17, 15) is 14.7 Å². The minimum atomic E-state index is -0.218. The van der Waals surface area contributed by atoms with Crippen molar-refractivity contribution in [2.45, 2.75) is 31.8 Å². The molecule has 0 aromatic heterocycles. The van der Waals surface area contributed by atoms with E-state index in [1.165, 1.54) is 4.90 Å². The Morgan fingerprint density at radius 3 is 2.45 bits per heavy atom. The first-order valence-electron chi connectivity index (χ1n) is 6.90. The third-order valence-corrected chi connectivity index (χ3v) is 4.68. The quantitative estimate of drug-likeness (QED) is 0.844. The van der Waals surface area contributed by atoms with Crippen LogP contribution in [0.5, 0.6) is 0 Å². The SMILES string of the molecule is O=C1c2ccc(Br)cc2C(=O)N1CC1CCC(O)CC1. The molecule has 1 aliphatic carbocycles. The fourth-order valence-corrected chi connectivity index (χ4v) is 3.38. The molecule has 1 aromatic carbocycles. The number of imide groups is 1. The minimum absolute atomic E-state index is 0.191. The van der Waals surface area contributed by atoms with E-state index in [-0.39, 0.29) is 17.9 Å². The number of carbonyl (C=O) groups excluding carboxylic acids is 2. The molecule has 5 heteroatoms. The molecule has 0 unspecified atom stereocenters. The van der Waals surface area contributed by atoms with Gasteiger partial charge in [0.25, 0.3) is 11.8 Å². The second-order valence-electron chi connectivity index (χ2n) is 5.59. The van der Waals surface area contributed by atoms with Gasteiger partial charge in [-0.25, -0.2) is 0 Å². The van der Waals surface area contributed by atoms with Crippen molar-refractivity contribution in [2.75, 3.05) is 6.54 Å². The molecule has 106 valence electrons. The third kappa shape index (κ3) is 2.40. The molecule has 0 spiro atoms. The van der Waals surface area contributed by atoms with Gasteiger partial charge in [0.1, 0.15) is 0 Å². The van der Waals surface area contributed by atoms with Gasteiger partial charge in [-0.15, -0.1) is 0 Å². The van der Waals surface area contributed by atoms with Gasteiger partial charge in [0.15, 0.2) is 0 Å². The van der Waals surface area contributed by atoms with Crippen LogP contribution in [0.1, 0.15) is 46.4 Å². The molecular weight excluding hydrogens is 322 g/mol. The normalized spacial score (nSPS) is 26.0. The topological polar surface area (TPSA) is 57.6 Å². The lowest BCUT2D eigenvalue weighted by Crippen LogP contribution is -2.36. The number of fused-ring (bicyclic) bond motifs is 1. The molecule has 1 saturated carbocycles. The summed E-state index contributed by atoms with van der Waals surface area (Å²) in [4.78, 5) is 26.0. The standard InChI is InChI=1S/C15H16BrNO3/c16-10-3-6-12-13(7-10)15(20)17(14(12)19)8-9-1-4-11(18)5-2-9/h3,6-7,9,11,18H,1-2,4-5,8H2. The Bertz CT molecular complexity index is 564. The molecule has 1 heterocycles. The van der Waals surface area contributed by atoms with Crippen LogP contribution in [0.4, 0.5) is 0 Å². The smallest absolute Gasteiger partial charge is 0.261 e. The summed E-state index contributed by atoms with van der Waals surface area (Å²) in [5, 5.41) is 9.51. The number of hydrogen-bond acceptors (Lipinski definition) is 3. The summed E-state index contributed by atoms with van der Waals surface area (Å²) in [6, 6.07) is 5.19. The van der Waals surface area contributed by atoms with Gasteiger partial charge in [0.05, 0.1) is 17.2 Å². The van der Waals surface area contributed by atoms with Gasteiger partial charge in [-0.2, -0.15) is 0 Å². The van der Waals surface area contributed by atoms with E-state index in [0.29, 0.717) is 23.6 Å². The zero-order chi connectivity index (χ0) is 14.3. The maximum atomic E-state index is 12.3. The first-order chi connectivity index (χ1) is 9.56. The monoisotopic (exact) mass is 337 g/mol. The van der Waals surface area contributed by atoms with Crippen molar-refractivity contribution < 1.29 is 14.7 Å². The van der Waals surface area contributed by atoms with Gasteiger partial charge >= 0.3 is 0 Å². The van der Waals surface area contributed by atoms with Gasteiger partial charge in [-0.1, -0.05) is 15.9 Å². The van der Waals surface area contributed by atoms with Crippen LogP contribution in [0.25, 0.3) is 0 Å². The number of nitrogens with zero attached hydrogens (tertiary/aromatic N) is 1. The molecule has 1 fully saturated rings. The molecule has 2 amide bonds. The molecule has 20 heavy (non-hydrogen) atoms. The lowest BCUT2D eigenvalue weighted by Gasteiger charge is -2.28. The van der Waals surface area contributed by atoms with Crippen molar-refractivity contribution in [1.29, 1.82) is 0 Å². The Labute approximate surface area is 125 Å². The molecule has 0 saturated heterocycles. The lowest BCUT2D eigenvalue weighted by atomic mass is 9.87. The molecule has 0 bridgehead atoms. The third-order valence-electron chi connectivity index (χ3n) is 4.19. The van der Waals surface area contributed by atoms with Crippen molar-refractivity contribution in [1.82, 2.24) is 4.90 Å². The molecule has 1 N–H and O–H groups in total. The highest BCUT2D eigenvalue weighted by Crippen LogP contribution is 2.30. The maximum absolute atomic E-state index is 12.3. The van der Waals surface area contributed by atoms with Crippen LogP contribution in [0.15, 0.2) is 22.7 Å². The van der Waals surface area contributed by atoms with Crippen LogP contribution in [-0.4, -0.2) is 34.5 Å². The van der Waals surface area contributed by atoms with E-state index in [1.54, 1.807) is 18.2 Å². The van der Waals surface area contributed by atoms with Gasteiger partial charge in [0.2, 0.25) is 0 Å². The Morgan fingerprint density at radius 1 is 1.10 bits per heavy atom. The highest BCUT2D eigenvalue weighted by Gasteiger charge is 2.37. The second-order valence-corrected chi connectivity index (χ2v) is 6.50. The first kappa shape index (κ1) is 13.8. The van der Waals surface area contributed by atoms with E-state index in [4.69, 9.17) is 0 Å². The second kappa shape index (κ2) is 5.30. The molecule has 1 aliphatic heterocycles. The van der Waals surface area contributed by atoms with Crippen LogP contribution < -0.4 is 0 Å². The summed E-state index contributed by atoms with van der Waals surface area (Å²) in [6.07, 6.45) is 3.05. The number of halogens is 1. The molecule has 3 rings (SSSR count). The molecular formula is C15H16BrNO3. The lowest BCUT2D eigenvalue weighted by molar-refractivity contribution is 0.0575. The first-order valence-corrected chi connectivity index (χ1v) is 7.69. The average Bonchev–Trinajstić information content (AvgIpc) is 2.66. The van der Waals surface area contributed by atoms with Crippen LogP contribution in [-0.2, 0) is 0 Å². The highest BCUT2D eigenvalue weighted by molar-refractivity contribution is 9.10. The fourth-order valence-electron chi connectivity index (χ4n) is 3.01. The van der Waals surface area contributed by atoms with E-state index >= 15 is 0 Å². The summed E-state index contributed by atoms with van der Waals surface area (Å²) < 4.78 is 0.806. The average molecular weight is 338 g/mol. The van der Waals surface area contributed by atoms with Gasteiger partial charge in [0, 0.05) is 11.0 Å². The van der Waals surface area contributed by atoms with Crippen LogP contribution >= 0.6 is 15.9 Å². The number of rotatable bonds is 2. The summed E-state index contributed by atoms with van der Waals surface area (Å²) in [5.41, 5.74) is 0.981. The Kier molecular flexibility index (Phi) is 3.65. The Morgan fingerprint density at radius 2 is 1.75 bits per heavy atom. The van der Waals surface area contributed by atoms with Crippen molar-refractivity contribution in [3.63, 3.8) is 0 Å². The molecule has 2 aliphatic rings. The molecule has 4 nitrogen and oxygen atoms in total. The van der Waals surface area contributed by atoms with Crippen molar-refractivity contribution >= 4 is 27.7 Å².